The van der Waals surface area contributed by atoms with E-state index in [1.54, 1.807) is 10.6 Å². The summed E-state index contributed by atoms with van der Waals surface area (Å²) in [6.45, 7) is 0. The van der Waals surface area contributed by atoms with Gasteiger partial charge in [0.2, 0.25) is 5.95 Å². The Morgan fingerprint density at radius 1 is 1.42 bits per heavy atom. The molecule has 2 heterocycles. The van der Waals surface area contributed by atoms with Crippen molar-refractivity contribution in [1.82, 2.24) is 19.8 Å². The van der Waals surface area contributed by atoms with Gasteiger partial charge in [-0.05, 0) is 12.1 Å². The first-order valence-corrected chi connectivity index (χ1v) is 3.55. The van der Waals surface area contributed by atoms with Gasteiger partial charge in [-0.2, -0.15) is 9.61 Å². The van der Waals surface area contributed by atoms with Gasteiger partial charge in [0.15, 0.2) is 5.65 Å². The molecule has 5 nitrogen and oxygen atoms in total. The van der Waals surface area contributed by atoms with Crippen LogP contribution in [-0.2, 0) is 0 Å². The lowest BCUT2D eigenvalue weighted by molar-refractivity contribution is 0.876. The average Bonchev–Trinajstić information content (AvgIpc) is 2.47. The lowest BCUT2D eigenvalue weighted by Gasteiger charge is -2.06. The molecule has 0 spiro atoms. The van der Waals surface area contributed by atoms with Crippen molar-refractivity contribution < 1.29 is 0 Å². The Morgan fingerprint density at radius 3 is 3.00 bits per heavy atom. The van der Waals surface area contributed by atoms with Crippen LogP contribution in [0.3, 0.4) is 0 Å². The van der Waals surface area contributed by atoms with E-state index in [-0.39, 0.29) is 0 Å². The van der Waals surface area contributed by atoms with Gasteiger partial charge in [0.25, 0.3) is 0 Å². The summed E-state index contributed by atoms with van der Waals surface area (Å²) in [5.74, 6) is 0.710. The summed E-state index contributed by atoms with van der Waals surface area (Å²) < 4.78 is 1.64. The van der Waals surface area contributed by atoms with E-state index >= 15 is 0 Å². The van der Waals surface area contributed by atoms with Crippen molar-refractivity contribution in [3.05, 3.63) is 18.3 Å². The van der Waals surface area contributed by atoms with Gasteiger partial charge in [0.05, 0.1) is 0 Å². The van der Waals surface area contributed by atoms with Crippen LogP contribution in [0.4, 0.5) is 5.95 Å². The number of rotatable bonds is 1. The van der Waals surface area contributed by atoms with Gasteiger partial charge in [-0.3, -0.25) is 0 Å². The minimum Gasteiger partial charge on any atom is -0.346 e. The number of nitrogens with zero attached hydrogens (tertiary/aromatic N) is 5. The van der Waals surface area contributed by atoms with Crippen molar-refractivity contribution in [2.24, 2.45) is 0 Å². The molecule has 12 heavy (non-hydrogen) atoms. The second-order valence-corrected chi connectivity index (χ2v) is 2.63. The maximum absolute atomic E-state index is 3.99. The van der Waals surface area contributed by atoms with Gasteiger partial charge in [-0.25, -0.2) is 0 Å². The third-order valence-corrected chi connectivity index (χ3v) is 1.51. The molecule has 61 valence electrons. The third-order valence-electron chi connectivity index (χ3n) is 1.51. The Balaban J connectivity index is 2.70. The SMILES string of the molecule is CN(C)c1nnc2cc[c]nn12. The molecule has 0 aliphatic carbocycles. The highest BCUT2D eigenvalue weighted by Crippen LogP contribution is 2.06. The molecular weight excluding hydrogens is 154 g/mol. The van der Waals surface area contributed by atoms with Crippen LogP contribution in [0.1, 0.15) is 0 Å². The summed E-state index contributed by atoms with van der Waals surface area (Å²) in [5.41, 5.74) is 0.734. The van der Waals surface area contributed by atoms with Crippen molar-refractivity contribution >= 4 is 11.6 Å². The van der Waals surface area contributed by atoms with E-state index in [4.69, 9.17) is 0 Å². The van der Waals surface area contributed by atoms with Crippen molar-refractivity contribution in [2.75, 3.05) is 19.0 Å². The van der Waals surface area contributed by atoms with E-state index in [9.17, 15) is 0 Å². The Morgan fingerprint density at radius 2 is 2.25 bits per heavy atom. The Hall–Kier alpha value is -1.65. The zero-order chi connectivity index (χ0) is 8.55. The van der Waals surface area contributed by atoms with Gasteiger partial charge < -0.3 is 4.90 Å². The molecule has 5 heteroatoms. The van der Waals surface area contributed by atoms with Gasteiger partial charge in [-0.15, -0.1) is 10.2 Å². The molecule has 2 aromatic rings. The molecule has 0 atom stereocenters. The fourth-order valence-electron chi connectivity index (χ4n) is 0.965. The fourth-order valence-corrected chi connectivity index (χ4v) is 0.965. The van der Waals surface area contributed by atoms with Crippen LogP contribution in [0.5, 0.6) is 0 Å². The number of anilines is 1. The minimum atomic E-state index is 0.710. The normalized spacial score (nSPS) is 10.5. The summed E-state index contributed by atoms with van der Waals surface area (Å²) in [6, 6.07) is 3.52. The molecule has 0 bridgehead atoms. The van der Waals surface area contributed by atoms with Gasteiger partial charge in [0, 0.05) is 14.1 Å². The summed E-state index contributed by atoms with van der Waals surface area (Å²) in [5, 5.41) is 11.9. The van der Waals surface area contributed by atoms with Crippen LogP contribution in [0.2, 0.25) is 0 Å². The van der Waals surface area contributed by atoms with Crippen molar-refractivity contribution in [3.63, 3.8) is 0 Å². The van der Waals surface area contributed by atoms with Crippen molar-refractivity contribution in [1.29, 1.82) is 0 Å². The summed E-state index contributed by atoms with van der Waals surface area (Å²) in [4.78, 5) is 1.85. The highest BCUT2D eigenvalue weighted by atomic mass is 15.4. The van der Waals surface area contributed by atoms with Crippen LogP contribution in [0.15, 0.2) is 12.1 Å². The smallest absolute Gasteiger partial charge is 0.248 e. The standard InChI is InChI=1S/C7H8N5/c1-11(2)7-10-9-6-4-3-5-8-12(6)7/h3-4H,1-2H3. The van der Waals surface area contributed by atoms with E-state index < -0.39 is 0 Å². The Kier molecular flexibility index (Phi) is 1.43. The molecule has 0 fully saturated rings. The van der Waals surface area contributed by atoms with Gasteiger partial charge in [-0.1, -0.05) is 0 Å². The van der Waals surface area contributed by atoms with E-state index in [2.05, 4.69) is 21.5 Å². The van der Waals surface area contributed by atoms with Crippen LogP contribution < -0.4 is 4.90 Å². The van der Waals surface area contributed by atoms with Crippen molar-refractivity contribution in [3.8, 4) is 0 Å². The largest absolute Gasteiger partial charge is 0.346 e. The van der Waals surface area contributed by atoms with Crippen LogP contribution >= 0.6 is 0 Å². The molecule has 0 N–H and O–H groups in total. The van der Waals surface area contributed by atoms with Gasteiger partial charge in [0.1, 0.15) is 6.20 Å². The molecule has 2 aromatic heterocycles. The highest BCUT2D eigenvalue weighted by Gasteiger charge is 2.05. The van der Waals surface area contributed by atoms with E-state index in [0.717, 1.165) is 5.65 Å². The molecule has 0 aliphatic heterocycles. The van der Waals surface area contributed by atoms with E-state index in [1.807, 2.05) is 25.1 Å². The Labute approximate surface area is 69.6 Å². The first kappa shape index (κ1) is 7.02. The second-order valence-electron chi connectivity index (χ2n) is 2.63. The molecular formula is C7H8N5. The molecule has 2 rings (SSSR count). The van der Waals surface area contributed by atoms with E-state index in [1.165, 1.54) is 0 Å². The molecule has 0 amide bonds. The number of hydrogen-bond acceptors (Lipinski definition) is 4. The predicted octanol–water partition coefficient (Wildman–Crippen LogP) is -0.00951. The fraction of sp³-hybridized carbons (Fsp3) is 0.286. The summed E-state index contributed by atoms with van der Waals surface area (Å²) in [7, 11) is 3.79. The summed E-state index contributed by atoms with van der Waals surface area (Å²) >= 11 is 0. The lowest BCUT2D eigenvalue weighted by Crippen LogP contribution is -2.13. The van der Waals surface area contributed by atoms with Crippen LogP contribution in [-0.4, -0.2) is 33.9 Å². The predicted molar refractivity (Wildman–Crippen MR) is 43.9 cm³/mol. The van der Waals surface area contributed by atoms with Crippen molar-refractivity contribution in [2.45, 2.75) is 0 Å². The van der Waals surface area contributed by atoms with E-state index in [0.29, 0.717) is 5.95 Å². The summed E-state index contributed by atoms with van der Waals surface area (Å²) in [6.07, 6.45) is 2.72. The number of hydrogen-bond donors (Lipinski definition) is 0. The molecule has 0 aromatic carbocycles. The quantitative estimate of drug-likeness (QED) is 0.591. The monoisotopic (exact) mass is 162 g/mol. The maximum Gasteiger partial charge on any atom is 0.248 e. The second kappa shape index (κ2) is 2.44. The minimum absolute atomic E-state index is 0.710. The molecule has 0 saturated carbocycles. The topological polar surface area (TPSA) is 46.3 Å². The zero-order valence-corrected chi connectivity index (χ0v) is 6.89. The van der Waals surface area contributed by atoms with Crippen LogP contribution in [0, 0.1) is 6.20 Å². The Bertz CT molecular complexity index is 391. The maximum atomic E-state index is 3.99. The molecule has 0 aliphatic rings. The molecule has 0 saturated heterocycles. The number of aromatic nitrogens is 4. The zero-order valence-electron chi connectivity index (χ0n) is 6.89. The highest BCUT2D eigenvalue weighted by molar-refractivity contribution is 5.42. The number of fused-ring (bicyclic) bond motifs is 1. The van der Waals surface area contributed by atoms with Crippen LogP contribution in [0.25, 0.3) is 5.65 Å². The third kappa shape index (κ3) is 0.903. The van der Waals surface area contributed by atoms with Gasteiger partial charge >= 0.3 is 0 Å². The molecule has 0 unspecified atom stereocenters. The first-order valence-electron chi connectivity index (χ1n) is 3.55. The lowest BCUT2D eigenvalue weighted by atomic mass is 10.6. The average molecular weight is 162 g/mol. The molecule has 1 radical (unpaired) electrons. The first-order chi connectivity index (χ1) is 5.79.